The molecule has 6 nitrogen and oxygen atoms in total. The van der Waals surface area contributed by atoms with Crippen molar-refractivity contribution in [3.8, 4) is 11.5 Å². The fourth-order valence-electron chi connectivity index (χ4n) is 3.14. The molecule has 3 N–H and O–H groups in total. The Morgan fingerprint density at radius 1 is 1.23 bits per heavy atom. The molecule has 0 radical (unpaired) electrons. The van der Waals surface area contributed by atoms with E-state index in [9.17, 15) is 5.11 Å². The van der Waals surface area contributed by atoms with Crippen LogP contribution in [-0.4, -0.2) is 55.3 Å². The third-order valence-corrected chi connectivity index (χ3v) is 4.86. The lowest BCUT2D eigenvalue weighted by atomic mass is 9.98. The van der Waals surface area contributed by atoms with Crippen molar-refractivity contribution in [1.29, 1.82) is 0 Å². The largest absolute Gasteiger partial charge is 0.508 e. The number of guanidine groups is 1. The van der Waals surface area contributed by atoms with Gasteiger partial charge >= 0.3 is 0 Å². The van der Waals surface area contributed by atoms with E-state index < -0.39 is 0 Å². The van der Waals surface area contributed by atoms with Crippen LogP contribution in [0.25, 0.3) is 0 Å². The lowest BCUT2D eigenvalue weighted by Gasteiger charge is -2.41. The molecule has 1 saturated heterocycles. The van der Waals surface area contributed by atoms with Crippen molar-refractivity contribution < 1.29 is 9.84 Å². The van der Waals surface area contributed by atoms with E-state index in [-0.39, 0.29) is 35.3 Å². The van der Waals surface area contributed by atoms with Crippen molar-refractivity contribution in [3.63, 3.8) is 0 Å². The van der Waals surface area contributed by atoms with E-state index in [0.717, 1.165) is 23.8 Å². The Hall–Kier alpha value is -1.22. The third kappa shape index (κ3) is 6.50. The highest BCUT2D eigenvalue weighted by Crippen LogP contribution is 2.22. The van der Waals surface area contributed by atoms with Crippen LogP contribution >= 0.6 is 24.0 Å². The molecule has 7 heteroatoms. The zero-order chi connectivity index (χ0) is 18.3. The summed E-state index contributed by atoms with van der Waals surface area (Å²) >= 11 is 0. The first-order chi connectivity index (χ1) is 12.0. The van der Waals surface area contributed by atoms with Crippen LogP contribution in [0.3, 0.4) is 0 Å². The highest BCUT2D eigenvalue weighted by molar-refractivity contribution is 14.0. The van der Waals surface area contributed by atoms with E-state index in [4.69, 9.17) is 4.74 Å². The van der Waals surface area contributed by atoms with Gasteiger partial charge in [0.2, 0.25) is 0 Å². The SMILES string of the molecule is CN=C(NCc1cc(OC)ccc1O)NCC(C)(C)N1CCCCC1.I. The second kappa shape index (κ2) is 10.8. The van der Waals surface area contributed by atoms with E-state index in [1.54, 1.807) is 26.3 Å². The summed E-state index contributed by atoms with van der Waals surface area (Å²) in [6.07, 6.45) is 3.91. The number of hydrogen-bond donors (Lipinski definition) is 3. The minimum atomic E-state index is 0. The summed E-state index contributed by atoms with van der Waals surface area (Å²) in [4.78, 5) is 6.83. The minimum Gasteiger partial charge on any atom is -0.508 e. The molecule has 1 fully saturated rings. The highest BCUT2D eigenvalue weighted by atomic mass is 127. The van der Waals surface area contributed by atoms with Crippen LogP contribution in [0.4, 0.5) is 0 Å². The van der Waals surface area contributed by atoms with Crippen molar-refractivity contribution in [2.75, 3.05) is 33.8 Å². The van der Waals surface area contributed by atoms with E-state index >= 15 is 0 Å². The van der Waals surface area contributed by atoms with Gasteiger partial charge in [-0.25, -0.2) is 0 Å². The summed E-state index contributed by atoms with van der Waals surface area (Å²) in [5, 5.41) is 16.7. The standard InChI is InChI=1S/C19H32N4O2.HI/c1-19(2,23-10-6-5-7-11-23)14-22-18(20-3)21-13-15-12-16(25-4)8-9-17(15)24;/h8-9,12,24H,5-7,10-11,13-14H2,1-4H3,(H2,20,21,22);1H. The number of rotatable bonds is 6. The monoisotopic (exact) mass is 476 g/mol. The number of benzene rings is 1. The molecule has 0 atom stereocenters. The Bertz CT molecular complexity index is 587. The van der Waals surface area contributed by atoms with Crippen molar-refractivity contribution in [2.24, 2.45) is 4.99 Å². The molecule has 2 rings (SSSR count). The predicted molar refractivity (Wildman–Crippen MR) is 118 cm³/mol. The highest BCUT2D eigenvalue weighted by Gasteiger charge is 2.27. The van der Waals surface area contributed by atoms with E-state index in [1.807, 2.05) is 6.07 Å². The summed E-state index contributed by atoms with van der Waals surface area (Å²) in [5.74, 6) is 1.70. The lowest BCUT2D eigenvalue weighted by Crippen LogP contribution is -2.54. The zero-order valence-corrected chi connectivity index (χ0v) is 18.7. The summed E-state index contributed by atoms with van der Waals surface area (Å²) in [6, 6.07) is 5.21. The predicted octanol–water partition coefficient (Wildman–Crippen LogP) is 2.95. The van der Waals surface area contributed by atoms with E-state index in [1.165, 1.54) is 32.4 Å². The molecule has 0 bridgehead atoms. The number of phenols is 1. The quantitative estimate of drug-likeness (QED) is 0.335. The number of piperidine rings is 1. The average molecular weight is 476 g/mol. The number of nitrogens with one attached hydrogen (secondary N) is 2. The van der Waals surface area contributed by atoms with Gasteiger partial charge in [-0.3, -0.25) is 9.89 Å². The molecule has 148 valence electrons. The maximum Gasteiger partial charge on any atom is 0.191 e. The summed E-state index contributed by atoms with van der Waals surface area (Å²) in [7, 11) is 3.38. The molecule has 1 heterocycles. The number of halogens is 1. The number of phenolic OH excluding ortho intramolecular Hbond substituents is 1. The Balaban J connectivity index is 0.00000338. The molecule has 0 unspecified atom stereocenters. The molecule has 0 saturated carbocycles. The van der Waals surface area contributed by atoms with Crippen LogP contribution in [-0.2, 0) is 6.54 Å². The number of hydrogen-bond acceptors (Lipinski definition) is 4. The van der Waals surface area contributed by atoms with Gasteiger partial charge in [0.25, 0.3) is 0 Å². The molecule has 0 aromatic heterocycles. The fourth-order valence-corrected chi connectivity index (χ4v) is 3.14. The summed E-state index contributed by atoms with van der Waals surface area (Å²) in [5.41, 5.74) is 0.855. The Labute approximate surface area is 174 Å². The fraction of sp³-hybridized carbons (Fsp3) is 0.632. The number of aliphatic imine (C=N–C) groups is 1. The number of likely N-dealkylation sites (tertiary alicyclic amines) is 1. The second-order valence-electron chi connectivity index (χ2n) is 7.13. The molecule has 1 aliphatic heterocycles. The van der Waals surface area contributed by atoms with Crippen molar-refractivity contribution in [2.45, 2.75) is 45.2 Å². The maximum absolute atomic E-state index is 9.98. The summed E-state index contributed by atoms with van der Waals surface area (Å²) in [6.45, 7) is 8.17. The Morgan fingerprint density at radius 2 is 1.92 bits per heavy atom. The first kappa shape index (κ1) is 22.8. The summed E-state index contributed by atoms with van der Waals surface area (Å²) < 4.78 is 5.21. The zero-order valence-electron chi connectivity index (χ0n) is 16.3. The second-order valence-corrected chi connectivity index (χ2v) is 7.13. The van der Waals surface area contributed by atoms with Crippen LogP contribution in [0.15, 0.2) is 23.2 Å². The molecule has 0 aliphatic carbocycles. The number of aromatic hydroxyl groups is 1. The maximum atomic E-state index is 9.98. The Kier molecular flexibility index (Phi) is 9.49. The third-order valence-electron chi connectivity index (χ3n) is 4.86. The van der Waals surface area contributed by atoms with Crippen LogP contribution < -0.4 is 15.4 Å². The van der Waals surface area contributed by atoms with Crippen LogP contribution in [0.2, 0.25) is 0 Å². The molecule has 1 aromatic rings. The van der Waals surface area contributed by atoms with Gasteiger partial charge in [0.1, 0.15) is 11.5 Å². The van der Waals surface area contributed by atoms with Crippen LogP contribution in [0.1, 0.15) is 38.7 Å². The molecule has 1 aromatic carbocycles. The normalized spacial score (nSPS) is 15.9. The van der Waals surface area contributed by atoms with Gasteiger partial charge in [-0.2, -0.15) is 0 Å². The van der Waals surface area contributed by atoms with Crippen molar-refractivity contribution in [1.82, 2.24) is 15.5 Å². The molecule has 1 aliphatic rings. The first-order valence-corrected chi connectivity index (χ1v) is 9.02. The van der Waals surface area contributed by atoms with Gasteiger partial charge in [-0.05, 0) is 58.0 Å². The van der Waals surface area contributed by atoms with Crippen molar-refractivity contribution in [3.05, 3.63) is 23.8 Å². The average Bonchev–Trinajstić information content (AvgIpc) is 2.64. The van der Waals surface area contributed by atoms with Crippen LogP contribution in [0, 0.1) is 0 Å². The lowest BCUT2D eigenvalue weighted by molar-refractivity contribution is 0.0982. The van der Waals surface area contributed by atoms with Gasteiger partial charge in [-0.15, -0.1) is 24.0 Å². The van der Waals surface area contributed by atoms with E-state index in [2.05, 4.69) is 34.4 Å². The molecular weight excluding hydrogens is 443 g/mol. The minimum absolute atomic E-state index is 0. The van der Waals surface area contributed by atoms with Gasteiger partial charge in [0.05, 0.1) is 7.11 Å². The van der Waals surface area contributed by atoms with Crippen LogP contribution in [0.5, 0.6) is 11.5 Å². The molecule has 26 heavy (non-hydrogen) atoms. The molecule has 0 spiro atoms. The first-order valence-electron chi connectivity index (χ1n) is 9.02. The van der Waals surface area contributed by atoms with Crippen molar-refractivity contribution >= 4 is 29.9 Å². The number of ether oxygens (including phenoxy) is 1. The Morgan fingerprint density at radius 3 is 2.54 bits per heavy atom. The van der Waals surface area contributed by atoms with Gasteiger partial charge in [0, 0.05) is 31.2 Å². The smallest absolute Gasteiger partial charge is 0.191 e. The molecular formula is C19H33IN4O2. The topological polar surface area (TPSA) is 69.1 Å². The van der Waals surface area contributed by atoms with Gasteiger partial charge in [0.15, 0.2) is 5.96 Å². The van der Waals surface area contributed by atoms with Gasteiger partial charge < -0.3 is 20.5 Å². The number of methoxy groups -OCH3 is 1. The van der Waals surface area contributed by atoms with Gasteiger partial charge in [-0.1, -0.05) is 6.42 Å². The molecule has 0 amide bonds. The van der Waals surface area contributed by atoms with E-state index in [0.29, 0.717) is 6.54 Å². The number of nitrogens with zero attached hydrogens (tertiary/aromatic N) is 2.